The number of methoxy groups -OCH3 is 1. The molecule has 6 heteroatoms. The molecule has 2 aliphatic rings. The monoisotopic (exact) mass is 228 g/mol. The Labute approximate surface area is 95.6 Å². The summed E-state index contributed by atoms with van der Waals surface area (Å²) in [4.78, 5) is 14.1. The third kappa shape index (κ3) is 2.35. The zero-order chi connectivity index (χ0) is 11.5. The standard InChI is InChI=1S/C10H20N4O2/c1-7-5-8(16-2)3-4-14(7)10(15)9-6-11-13-12-9/h7-9,11-13H,3-6H2,1-2H3/t7-,8-,9?/m0/s1. The molecule has 3 atom stereocenters. The van der Waals surface area contributed by atoms with Crippen molar-refractivity contribution >= 4 is 5.91 Å². The molecule has 0 radical (unpaired) electrons. The zero-order valence-electron chi connectivity index (χ0n) is 9.82. The molecule has 6 nitrogen and oxygen atoms in total. The summed E-state index contributed by atoms with van der Waals surface area (Å²) in [5, 5.41) is 0. The van der Waals surface area contributed by atoms with E-state index in [2.05, 4.69) is 23.3 Å². The second-order valence-corrected chi connectivity index (χ2v) is 4.47. The number of carbonyl (C=O) groups excluding carboxylic acids is 1. The van der Waals surface area contributed by atoms with E-state index in [1.54, 1.807) is 7.11 Å². The van der Waals surface area contributed by atoms with Crippen LogP contribution in [0.2, 0.25) is 0 Å². The van der Waals surface area contributed by atoms with Crippen molar-refractivity contribution in [2.75, 3.05) is 20.2 Å². The van der Waals surface area contributed by atoms with Crippen molar-refractivity contribution in [3.8, 4) is 0 Å². The lowest BCUT2D eigenvalue weighted by Gasteiger charge is -2.38. The molecule has 92 valence electrons. The number of piperidine rings is 1. The van der Waals surface area contributed by atoms with Crippen molar-refractivity contribution in [3.05, 3.63) is 0 Å². The quantitative estimate of drug-likeness (QED) is 0.565. The van der Waals surface area contributed by atoms with Crippen molar-refractivity contribution in [3.63, 3.8) is 0 Å². The fourth-order valence-corrected chi connectivity index (χ4v) is 2.36. The molecule has 0 aliphatic carbocycles. The van der Waals surface area contributed by atoms with Crippen LogP contribution >= 0.6 is 0 Å². The van der Waals surface area contributed by atoms with Crippen molar-refractivity contribution in [2.24, 2.45) is 0 Å². The Kier molecular flexibility index (Phi) is 3.75. The van der Waals surface area contributed by atoms with E-state index < -0.39 is 0 Å². The highest BCUT2D eigenvalue weighted by atomic mass is 16.5. The molecule has 2 rings (SSSR count). The average molecular weight is 228 g/mol. The molecule has 3 N–H and O–H groups in total. The Bertz CT molecular complexity index is 255. The summed E-state index contributed by atoms with van der Waals surface area (Å²) in [6.07, 6.45) is 2.16. The summed E-state index contributed by atoms with van der Waals surface area (Å²) in [5.41, 5.74) is 8.56. The summed E-state index contributed by atoms with van der Waals surface area (Å²) in [5.74, 6) is 0.166. The normalized spacial score (nSPS) is 35.4. The summed E-state index contributed by atoms with van der Waals surface area (Å²) < 4.78 is 5.34. The number of nitrogens with one attached hydrogen (secondary N) is 3. The van der Waals surface area contributed by atoms with Crippen LogP contribution in [0.25, 0.3) is 0 Å². The van der Waals surface area contributed by atoms with E-state index in [0.717, 1.165) is 19.4 Å². The second-order valence-electron chi connectivity index (χ2n) is 4.47. The number of hydrogen-bond acceptors (Lipinski definition) is 5. The van der Waals surface area contributed by atoms with E-state index in [9.17, 15) is 4.79 Å². The Morgan fingerprint density at radius 3 is 2.88 bits per heavy atom. The molecule has 0 bridgehead atoms. The van der Waals surface area contributed by atoms with Crippen LogP contribution < -0.4 is 16.4 Å². The highest BCUT2D eigenvalue weighted by molar-refractivity contribution is 5.82. The van der Waals surface area contributed by atoms with Gasteiger partial charge in [-0.25, -0.2) is 10.9 Å². The molecule has 2 saturated heterocycles. The Morgan fingerprint density at radius 2 is 2.31 bits per heavy atom. The number of rotatable bonds is 2. The molecule has 16 heavy (non-hydrogen) atoms. The first-order valence-corrected chi connectivity index (χ1v) is 5.79. The smallest absolute Gasteiger partial charge is 0.242 e. The summed E-state index contributed by atoms with van der Waals surface area (Å²) >= 11 is 0. The first-order valence-electron chi connectivity index (χ1n) is 5.79. The van der Waals surface area contributed by atoms with Gasteiger partial charge in [0.25, 0.3) is 0 Å². The van der Waals surface area contributed by atoms with Gasteiger partial charge in [0.2, 0.25) is 5.91 Å². The molecular weight excluding hydrogens is 208 g/mol. The average Bonchev–Trinajstić information content (AvgIpc) is 2.81. The zero-order valence-corrected chi connectivity index (χ0v) is 9.82. The minimum Gasteiger partial charge on any atom is -0.381 e. The van der Waals surface area contributed by atoms with E-state index in [4.69, 9.17) is 4.74 Å². The second kappa shape index (κ2) is 5.09. The van der Waals surface area contributed by atoms with Gasteiger partial charge in [0.15, 0.2) is 0 Å². The maximum atomic E-state index is 12.1. The number of hydrogen-bond donors (Lipinski definition) is 3. The van der Waals surface area contributed by atoms with E-state index in [0.29, 0.717) is 12.6 Å². The lowest BCUT2D eigenvalue weighted by atomic mass is 9.99. The Morgan fingerprint density at radius 1 is 1.50 bits per heavy atom. The van der Waals surface area contributed by atoms with Crippen molar-refractivity contribution in [2.45, 2.75) is 38.0 Å². The lowest BCUT2D eigenvalue weighted by Crippen LogP contribution is -2.53. The van der Waals surface area contributed by atoms with Gasteiger partial charge in [0.1, 0.15) is 6.04 Å². The number of hydrazine groups is 2. The third-order valence-corrected chi connectivity index (χ3v) is 3.38. The molecule has 2 fully saturated rings. The summed E-state index contributed by atoms with van der Waals surface area (Å²) in [6.45, 7) is 3.51. The number of likely N-dealkylation sites (tertiary alicyclic amines) is 1. The number of ether oxygens (including phenoxy) is 1. The van der Waals surface area contributed by atoms with Gasteiger partial charge < -0.3 is 9.64 Å². The molecule has 2 aliphatic heterocycles. The van der Waals surface area contributed by atoms with E-state index in [-0.39, 0.29) is 18.0 Å². The Hall–Kier alpha value is -0.690. The van der Waals surface area contributed by atoms with Crippen molar-refractivity contribution < 1.29 is 9.53 Å². The molecule has 0 spiro atoms. The maximum absolute atomic E-state index is 12.1. The van der Waals surface area contributed by atoms with E-state index >= 15 is 0 Å². The molecular formula is C10H20N4O2. The van der Waals surface area contributed by atoms with Crippen LogP contribution in [0, 0.1) is 0 Å². The van der Waals surface area contributed by atoms with Gasteiger partial charge in [-0.05, 0) is 19.8 Å². The lowest BCUT2D eigenvalue weighted by molar-refractivity contribution is -0.138. The molecule has 1 amide bonds. The van der Waals surface area contributed by atoms with Crippen LogP contribution in [0.1, 0.15) is 19.8 Å². The number of carbonyl (C=O) groups is 1. The van der Waals surface area contributed by atoms with Gasteiger partial charge in [0, 0.05) is 26.2 Å². The minimum atomic E-state index is -0.151. The van der Waals surface area contributed by atoms with Crippen molar-refractivity contribution in [1.82, 2.24) is 21.3 Å². The molecule has 1 unspecified atom stereocenters. The molecule has 0 aromatic carbocycles. The SMILES string of the molecule is CO[C@H]1CCN(C(=O)C2CNNN2)[C@@H](C)C1. The van der Waals surface area contributed by atoms with E-state index in [1.807, 2.05) is 4.90 Å². The van der Waals surface area contributed by atoms with Crippen molar-refractivity contribution in [1.29, 1.82) is 0 Å². The fourth-order valence-electron chi connectivity index (χ4n) is 2.36. The number of nitrogens with zero attached hydrogens (tertiary/aromatic N) is 1. The highest BCUT2D eigenvalue weighted by Gasteiger charge is 2.33. The Balaban J connectivity index is 1.91. The van der Waals surface area contributed by atoms with Gasteiger partial charge in [-0.1, -0.05) is 0 Å². The van der Waals surface area contributed by atoms with Gasteiger partial charge in [-0.15, -0.1) is 0 Å². The maximum Gasteiger partial charge on any atom is 0.242 e. The van der Waals surface area contributed by atoms with Gasteiger partial charge in [-0.2, -0.15) is 5.53 Å². The van der Waals surface area contributed by atoms with E-state index in [1.165, 1.54) is 0 Å². The first-order chi connectivity index (χ1) is 7.72. The van der Waals surface area contributed by atoms with Gasteiger partial charge >= 0.3 is 0 Å². The molecule has 0 aromatic rings. The largest absolute Gasteiger partial charge is 0.381 e. The topological polar surface area (TPSA) is 65.6 Å². The highest BCUT2D eigenvalue weighted by Crippen LogP contribution is 2.20. The predicted molar refractivity (Wildman–Crippen MR) is 59.3 cm³/mol. The minimum absolute atomic E-state index is 0.151. The van der Waals surface area contributed by atoms with Crippen LogP contribution in [0.5, 0.6) is 0 Å². The van der Waals surface area contributed by atoms with Crippen LogP contribution in [0.15, 0.2) is 0 Å². The number of amides is 1. The third-order valence-electron chi connectivity index (χ3n) is 3.38. The van der Waals surface area contributed by atoms with Crippen LogP contribution in [0.3, 0.4) is 0 Å². The molecule has 0 saturated carbocycles. The summed E-state index contributed by atoms with van der Waals surface area (Å²) in [7, 11) is 1.74. The van der Waals surface area contributed by atoms with Gasteiger partial charge in [0.05, 0.1) is 6.10 Å². The van der Waals surface area contributed by atoms with Crippen LogP contribution in [0.4, 0.5) is 0 Å². The van der Waals surface area contributed by atoms with Gasteiger partial charge in [-0.3, -0.25) is 4.79 Å². The van der Waals surface area contributed by atoms with Crippen LogP contribution in [-0.2, 0) is 9.53 Å². The molecule has 0 aromatic heterocycles. The molecule has 2 heterocycles. The van der Waals surface area contributed by atoms with Crippen LogP contribution in [-0.4, -0.2) is 49.2 Å². The first kappa shape index (κ1) is 11.8. The predicted octanol–water partition coefficient (Wildman–Crippen LogP) is -1.01. The fraction of sp³-hybridized carbons (Fsp3) is 0.900. The summed E-state index contributed by atoms with van der Waals surface area (Å²) in [6, 6.07) is 0.107.